The van der Waals surface area contributed by atoms with Crippen LogP contribution in [0.25, 0.3) is 17.2 Å². The van der Waals surface area contributed by atoms with Crippen LogP contribution >= 0.6 is 0 Å². The highest BCUT2D eigenvalue weighted by Gasteiger charge is 2.27. The lowest BCUT2D eigenvalue weighted by molar-refractivity contribution is -0.137. The Bertz CT molecular complexity index is 972. The minimum atomic E-state index is -0.390. The van der Waals surface area contributed by atoms with Gasteiger partial charge in [0.05, 0.1) is 13.2 Å². The molecule has 0 fully saturated rings. The van der Waals surface area contributed by atoms with Crippen LogP contribution in [0.1, 0.15) is 78.5 Å². The van der Waals surface area contributed by atoms with E-state index in [1.165, 1.54) is 11.6 Å². The molecule has 0 amide bonds. The van der Waals surface area contributed by atoms with Crippen LogP contribution in [-0.2, 0) is 20.4 Å². The molecule has 0 radical (unpaired) electrons. The van der Waals surface area contributed by atoms with E-state index >= 15 is 0 Å². The summed E-state index contributed by atoms with van der Waals surface area (Å²) in [7, 11) is 0. The molecule has 0 aliphatic rings. The third kappa shape index (κ3) is 6.38. The van der Waals surface area contributed by atoms with Crippen LogP contribution in [0, 0.1) is 0 Å². The number of esters is 1. The number of aromatic hydroxyl groups is 1. The van der Waals surface area contributed by atoms with Crippen LogP contribution in [0.4, 0.5) is 0 Å². The minimum absolute atomic E-state index is 0.0743. The van der Waals surface area contributed by atoms with Crippen LogP contribution in [0.5, 0.6) is 11.5 Å². The van der Waals surface area contributed by atoms with Crippen molar-refractivity contribution in [3.05, 3.63) is 53.1 Å². The van der Waals surface area contributed by atoms with E-state index in [0.717, 1.165) is 28.9 Å². The van der Waals surface area contributed by atoms with Crippen LogP contribution < -0.4 is 4.74 Å². The predicted molar refractivity (Wildman–Crippen MR) is 132 cm³/mol. The first kappa shape index (κ1) is 25.5. The van der Waals surface area contributed by atoms with Gasteiger partial charge in [-0.1, -0.05) is 60.6 Å². The number of phenolic OH excluding ortho intramolecular Hbond substituents is 1. The lowest BCUT2D eigenvalue weighted by atomic mass is 9.78. The van der Waals surface area contributed by atoms with Crippen LogP contribution in [-0.4, -0.2) is 24.3 Å². The smallest absolute Gasteiger partial charge is 0.330 e. The molecule has 0 atom stereocenters. The average Bonchev–Trinajstić information content (AvgIpc) is 2.70. The van der Waals surface area contributed by atoms with Gasteiger partial charge < -0.3 is 14.6 Å². The summed E-state index contributed by atoms with van der Waals surface area (Å²) in [5, 5.41) is 10.8. The number of ether oxygens (including phenoxy) is 2. The van der Waals surface area contributed by atoms with Gasteiger partial charge in [-0.05, 0) is 59.6 Å². The topological polar surface area (TPSA) is 55.8 Å². The Morgan fingerprint density at radius 2 is 1.66 bits per heavy atom. The molecule has 4 nitrogen and oxygen atoms in total. The van der Waals surface area contributed by atoms with Crippen molar-refractivity contribution < 1.29 is 19.4 Å². The molecule has 2 aromatic carbocycles. The molecule has 0 saturated heterocycles. The molecular weight excluding hydrogens is 400 g/mol. The number of hydrogen-bond donors (Lipinski definition) is 1. The highest BCUT2D eigenvalue weighted by atomic mass is 16.5. The summed E-state index contributed by atoms with van der Waals surface area (Å²) in [6.07, 6.45) is 3.99. The molecule has 174 valence electrons. The number of hydrogen-bond acceptors (Lipinski definition) is 4. The van der Waals surface area contributed by atoms with E-state index < -0.39 is 0 Å². The fraction of sp³-hybridized carbons (Fsp3) is 0.464. The molecule has 32 heavy (non-hydrogen) atoms. The second-order valence-corrected chi connectivity index (χ2v) is 10.1. The van der Waals surface area contributed by atoms with E-state index in [-0.39, 0.29) is 22.5 Å². The monoisotopic (exact) mass is 438 g/mol. The molecule has 0 unspecified atom stereocenters. The van der Waals surface area contributed by atoms with Gasteiger partial charge in [-0.2, -0.15) is 0 Å². The predicted octanol–water partition coefficient (Wildman–Crippen LogP) is 7.02. The van der Waals surface area contributed by atoms with Gasteiger partial charge >= 0.3 is 5.97 Å². The van der Waals surface area contributed by atoms with Gasteiger partial charge in [-0.15, -0.1) is 0 Å². The summed E-state index contributed by atoms with van der Waals surface area (Å²) in [5.41, 5.74) is 4.41. The lowest BCUT2D eigenvalue weighted by Gasteiger charge is -2.29. The molecule has 1 N–H and O–H groups in total. The van der Waals surface area contributed by atoms with Crippen molar-refractivity contribution in [3.8, 4) is 22.6 Å². The molecule has 0 aliphatic heterocycles. The normalized spacial score (nSPS) is 12.2. The maximum Gasteiger partial charge on any atom is 0.330 e. The Hall–Kier alpha value is -2.75. The Labute approximate surface area is 193 Å². The first-order chi connectivity index (χ1) is 14.9. The van der Waals surface area contributed by atoms with Crippen molar-refractivity contribution in [2.45, 2.75) is 72.6 Å². The third-order valence-electron chi connectivity index (χ3n) is 5.22. The zero-order chi connectivity index (χ0) is 24.1. The van der Waals surface area contributed by atoms with E-state index in [2.05, 4.69) is 60.6 Å². The Kier molecular flexibility index (Phi) is 8.17. The largest absolute Gasteiger partial charge is 0.507 e. The zero-order valence-electron chi connectivity index (χ0n) is 20.8. The maximum absolute atomic E-state index is 11.7. The van der Waals surface area contributed by atoms with Gasteiger partial charge in [-0.25, -0.2) is 4.79 Å². The molecule has 0 heterocycles. The van der Waals surface area contributed by atoms with Crippen LogP contribution in [0.3, 0.4) is 0 Å². The first-order valence-corrected chi connectivity index (χ1v) is 11.4. The number of carbonyl (C=O) groups is 1. The first-order valence-electron chi connectivity index (χ1n) is 11.4. The summed E-state index contributed by atoms with van der Waals surface area (Å²) >= 11 is 0. The van der Waals surface area contributed by atoms with Gasteiger partial charge in [0.15, 0.2) is 0 Å². The van der Waals surface area contributed by atoms with Crippen molar-refractivity contribution in [2.75, 3.05) is 13.2 Å². The van der Waals surface area contributed by atoms with Crippen molar-refractivity contribution >= 4 is 12.0 Å². The number of benzene rings is 2. The molecule has 0 spiro atoms. The molecule has 0 aliphatic carbocycles. The van der Waals surface area contributed by atoms with Crippen molar-refractivity contribution in [1.29, 1.82) is 0 Å². The summed E-state index contributed by atoms with van der Waals surface area (Å²) in [6, 6.07) is 9.67. The van der Waals surface area contributed by atoms with E-state index in [4.69, 9.17) is 9.47 Å². The molecule has 0 aromatic heterocycles. The van der Waals surface area contributed by atoms with Crippen LogP contribution in [0.2, 0.25) is 0 Å². The van der Waals surface area contributed by atoms with Crippen molar-refractivity contribution in [1.82, 2.24) is 0 Å². The summed E-state index contributed by atoms with van der Waals surface area (Å²) in [4.78, 5) is 11.7. The van der Waals surface area contributed by atoms with E-state index in [9.17, 15) is 9.90 Å². The number of rotatable bonds is 7. The lowest BCUT2D eigenvalue weighted by Crippen LogP contribution is -2.18. The van der Waals surface area contributed by atoms with Crippen LogP contribution in [0.15, 0.2) is 36.4 Å². The molecule has 0 saturated carbocycles. The highest BCUT2D eigenvalue weighted by Crippen LogP contribution is 2.45. The SMILES string of the molecule is CCCOc1c(-c2cc(C=CC(=O)OCC)ccc2O)cc(C(C)(C)C)cc1C(C)(C)C. The molecule has 0 bridgehead atoms. The Balaban J connectivity index is 2.76. The standard InChI is InChI=1S/C28H38O4/c1-9-15-32-26-22(17-20(27(3,4)5)18-23(26)28(6,7)8)21-16-19(11-13-24(21)29)12-14-25(30)31-10-2/h11-14,16-18,29H,9-10,15H2,1-8H3. The third-order valence-corrected chi connectivity index (χ3v) is 5.22. The molecular formula is C28H38O4. The second kappa shape index (κ2) is 10.2. The van der Waals surface area contributed by atoms with Crippen molar-refractivity contribution in [2.24, 2.45) is 0 Å². The van der Waals surface area contributed by atoms with Crippen molar-refractivity contribution in [3.63, 3.8) is 0 Å². The molecule has 2 aromatic rings. The quantitative estimate of drug-likeness (QED) is 0.373. The summed E-state index contributed by atoms with van der Waals surface area (Å²) in [5.74, 6) is 0.582. The Morgan fingerprint density at radius 1 is 0.969 bits per heavy atom. The fourth-order valence-corrected chi connectivity index (χ4v) is 3.41. The van der Waals surface area contributed by atoms with Gasteiger partial charge in [0.2, 0.25) is 0 Å². The Morgan fingerprint density at radius 3 is 2.22 bits per heavy atom. The zero-order valence-corrected chi connectivity index (χ0v) is 20.8. The second-order valence-electron chi connectivity index (χ2n) is 10.1. The fourth-order valence-electron chi connectivity index (χ4n) is 3.41. The van der Waals surface area contributed by atoms with E-state index in [1.54, 1.807) is 25.1 Å². The van der Waals surface area contributed by atoms with E-state index in [1.807, 2.05) is 6.07 Å². The summed E-state index contributed by atoms with van der Waals surface area (Å²) in [6.45, 7) is 17.9. The van der Waals surface area contributed by atoms with Gasteiger partial charge in [0.25, 0.3) is 0 Å². The average molecular weight is 439 g/mol. The number of phenols is 1. The molecule has 2 rings (SSSR count). The van der Waals surface area contributed by atoms with Gasteiger partial charge in [0, 0.05) is 22.8 Å². The van der Waals surface area contributed by atoms with Gasteiger partial charge in [0.1, 0.15) is 11.5 Å². The minimum Gasteiger partial charge on any atom is -0.507 e. The van der Waals surface area contributed by atoms with E-state index in [0.29, 0.717) is 18.8 Å². The number of carbonyl (C=O) groups excluding carboxylic acids is 1. The van der Waals surface area contributed by atoms with Gasteiger partial charge in [-0.3, -0.25) is 0 Å². The molecule has 4 heteroatoms. The maximum atomic E-state index is 11.7. The summed E-state index contributed by atoms with van der Waals surface area (Å²) < 4.78 is 11.3. The highest BCUT2D eigenvalue weighted by molar-refractivity contribution is 5.88.